The minimum absolute atomic E-state index is 0.536. The van der Waals surface area contributed by atoms with Gasteiger partial charge in [0.25, 0.3) is 0 Å². The molecule has 1 heterocycles. The minimum Gasteiger partial charge on any atom is -0.381 e. The standard InChI is InChI=1S/C18H27N5.C3H8/c1-4-19-18-20-12-13-6-5-7-16(17(13)22-18)21-14-8-10-15(11-9-14)23(2)3;1-3-2/h5-7,12,14-15,21H,4,8-11H2,1-3H3,(H,19,20,22);3H2,1-2H3. The molecule has 0 amide bonds. The topological polar surface area (TPSA) is 53.1 Å². The lowest BCUT2D eigenvalue weighted by atomic mass is 9.90. The molecule has 0 spiro atoms. The summed E-state index contributed by atoms with van der Waals surface area (Å²) in [6.45, 7) is 7.14. The lowest BCUT2D eigenvalue weighted by Crippen LogP contribution is -2.36. The summed E-state index contributed by atoms with van der Waals surface area (Å²) in [5.74, 6) is 0.700. The fourth-order valence-electron chi connectivity index (χ4n) is 3.37. The quantitative estimate of drug-likeness (QED) is 0.808. The summed E-state index contributed by atoms with van der Waals surface area (Å²) in [4.78, 5) is 11.4. The van der Waals surface area contributed by atoms with Gasteiger partial charge in [0.1, 0.15) is 0 Å². The van der Waals surface area contributed by atoms with E-state index < -0.39 is 0 Å². The van der Waals surface area contributed by atoms with Crippen LogP contribution in [0.15, 0.2) is 24.4 Å². The molecule has 1 saturated carbocycles. The molecule has 2 N–H and O–H groups in total. The van der Waals surface area contributed by atoms with Crippen LogP contribution in [0, 0.1) is 0 Å². The summed E-state index contributed by atoms with van der Waals surface area (Å²) in [5, 5.41) is 7.99. The molecule has 1 aliphatic rings. The van der Waals surface area contributed by atoms with Crippen LogP contribution in [0.5, 0.6) is 0 Å². The Kier molecular flexibility index (Phi) is 8.10. The van der Waals surface area contributed by atoms with Crippen LogP contribution in [0.3, 0.4) is 0 Å². The third-order valence-electron chi connectivity index (χ3n) is 4.73. The summed E-state index contributed by atoms with van der Waals surface area (Å²) < 4.78 is 0. The van der Waals surface area contributed by atoms with E-state index in [0.717, 1.165) is 29.2 Å². The first-order valence-electron chi connectivity index (χ1n) is 10.0. The molecule has 2 aromatic rings. The lowest BCUT2D eigenvalue weighted by Gasteiger charge is -2.33. The maximum absolute atomic E-state index is 4.68. The van der Waals surface area contributed by atoms with Crippen LogP contribution in [0.25, 0.3) is 10.9 Å². The monoisotopic (exact) mass is 357 g/mol. The van der Waals surface area contributed by atoms with Crippen LogP contribution in [0.1, 0.15) is 52.9 Å². The molecule has 0 saturated heterocycles. The molecule has 3 rings (SSSR count). The van der Waals surface area contributed by atoms with Crippen LogP contribution < -0.4 is 10.6 Å². The van der Waals surface area contributed by atoms with Crippen LogP contribution in [0.4, 0.5) is 11.6 Å². The largest absolute Gasteiger partial charge is 0.381 e. The van der Waals surface area contributed by atoms with Crippen molar-refractivity contribution in [1.29, 1.82) is 0 Å². The lowest BCUT2D eigenvalue weighted by molar-refractivity contribution is 0.221. The number of fused-ring (bicyclic) bond motifs is 1. The molecule has 1 aromatic carbocycles. The van der Waals surface area contributed by atoms with E-state index in [1.54, 1.807) is 0 Å². The molecule has 5 heteroatoms. The number of nitrogens with one attached hydrogen (secondary N) is 2. The maximum Gasteiger partial charge on any atom is 0.223 e. The van der Waals surface area contributed by atoms with E-state index in [1.807, 2.05) is 6.20 Å². The van der Waals surface area contributed by atoms with Gasteiger partial charge in [0.05, 0.1) is 11.2 Å². The third-order valence-corrected chi connectivity index (χ3v) is 4.73. The first kappa shape index (κ1) is 20.4. The van der Waals surface area contributed by atoms with E-state index in [4.69, 9.17) is 0 Å². The van der Waals surface area contributed by atoms with Crippen molar-refractivity contribution < 1.29 is 0 Å². The first-order valence-corrected chi connectivity index (χ1v) is 10.0. The molecule has 0 unspecified atom stereocenters. The number of hydrogen-bond donors (Lipinski definition) is 2. The zero-order valence-electron chi connectivity index (χ0n) is 17.0. The smallest absolute Gasteiger partial charge is 0.223 e. The number of para-hydroxylation sites is 1. The van der Waals surface area contributed by atoms with E-state index in [9.17, 15) is 0 Å². The van der Waals surface area contributed by atoms with Gasteiger partial charge in [-0.1, -0.05) is 32.4 Å². The van der Waals surface area contributed by atoms with Gasteiger partial charge in [0.15, 0.2) is 0 Å². The van der Waals surface area contributed by atoms with Crippen molar-refractivity contribution in [2.75, 3.05) is 31.3 Å². The third kappa shape index (κ3) is 5.56. The Hall–Kier alpha value is -1.88. The van der Waals surface area contributed by atoms with Gasteiger partial charge in [-0.15, -0.1) is 0 Å². The molecular formula is C21H35N5. The molecule has 26 heavy (non-hydrogen) atoms. The van der Waals surface area contributed by atoms with Crippen molar-refractivity contribution in [2.24, 2.45) is 0 Å². The van der Waals surface area contributed by atoms with Crippen molar-refractivity contribution in [1.82, 2.24) is 14.9 Å². The number of anilines is 2. The maximum atomic E-state index is 4.68. The highest BCUT2D eigenvalue weighted by molar-refractivity contribution is 5.90. The fourth-order valence-corrected chi connectivity index (χ4v) is 3.37. The second-order valence-electron chi connectivity index (χ2n) is 7.29. The predicted octanol–water partition coefficient (Wildman–Crippen LogP) is 4.76. The number of benzene rings is 1. The second-order valence-corrected chi connectivity index (χ2v) is 7.29. The molecule has 0 radical (unpaired) electrons. The van der Waals surface area contributed by atoms with Gasteiger partial charge < -0.3 is 15.5 Å². The normalized spacial score (nSPS) is 19.8. The molecule has 144 valence electrons. The van der Waals surface area contributed by atoms with Crippen molar-refractivity contribution in [2.45, 2.75) is 65.0 Å². The van der Waals surface area contributed by atoms with E-state index in [0.29, 0.717) is 12.0 Å². The molecule has 1 fully saturated rings. The van der Waals surface area contributed by atoms with Crippen LogP contribution in [-0.4, -0.2) is 47.6 Å². The van der Waals surface area contributed by atoms with Crippen LogP contribution in [0.2, 0.25) is 0 Å². The summed E-state index contributed by atoms with van der Waals surface area (Å²) in [6.07, 6.45) is 8.09. The van der Waals surface area contributed by atoms with Gasteiger partial charge in [-0.25, -0.2) is 9.97 Å². The zero-order valence-corrected chi connectivity index (χ0v) is 17.0. The highest BCUT2D eigenvalue weighted by Gasteiger charge is 2.22. The van der Waals surface area contributed by atoms with Crippen molar-refractivity contribution in [3.8, 4) is 0 Å². The summed E-state index contributed by atoms with van der Waals surface area (Å²) >= 11 is 0. The second kappa shape index (κ2) is 10.3. The number of rotatable bonds is 5. The highest BCUT2D eigenvalue weighted by Crippen LogP contribution is 2.28. The Bertz CT molecular complexity index is 662. The molecular weight excluding hydrogens is 322 g/mol. The molecule has 1 aliphatic carbocycles. The molecule has 0 bridgehead atoms. The average molecular weight is 358 g/mol. The molecule has 0 atom stereocenters. The Morgan fingerprint density at radius 3 is 2.38 bits per heavy atom. The Balaban J connectivity index is 0.000000758. The summed E-state index contributed by atoms with van der Waals surface area (Å²) in [6, 6.07) is 7.53. The number of nitrogens with zero attached hydrogens (tertiary/aromatic N) is 3. The van der Waals surface area contributed by atoms with Gasteiger partial charge in [0.2, 0.25) is 5.95 Å². The Labute approximate surface area is 158 Å². The Morgan fingerprint density at radius 2 is 1.77 bits per heavy atom. The van der Waals surface area contributed by atoms with Crippen molar-refractivity contribution >= 4 is 22.5 Å². The minimum atomic E-state index is 0.536. The Morgan fingerprint density at radius 1 is 1.08 bits per heavy atom. The predicted molar refractivity (Wildman–Crippen MR) is 113 cm³/mol. The SMILES string of the molecule is CCC.CCNc1ncc2cccc(NC3CCC(N(C)C)CC3)c2n1. The molecule has 5 nitrogen and oxygen atoms in total. The average Bonchev–Trinajstić information content (AvgIpc) is 2.63. The highest BCUT2D eigenvalue weighted by atomic mass is 15.1. The van der Waals surface area contributed by atoms with E-state index in [-0.39, 0.29) is 0 Å². The van der Waals surface area contributed by atoms with Gasteiger partial charge in [-0.3, -0.25) is 0 Å². The van der Waals surface area contributed by atoms with Gasteiger partial charge in [0, 0.05) is 30.2 Å². The molecule has 0 aliphatic heterocycles. The van der Waals surface area contributed by atoms with E-state index in [1.165, 1.54) is 32.1 Å². The zero-order chi connectivity index (χ0) is 18.9. The van der Waals surface area contributed by atoms with E-state index >= 15 is 0 Å². The number of hydrogen-bond acceptors (Lipinski definition) is 5. The van der Waals surface area contributed by atoms with Crippen molar-refractivity contribution in [3.63, 3.8) is 0 Å². The van der Waals surface area contributed by atoms with Crippen LogP contribution in [-0.2, 0) is 0 Å². The van der Waals surface area contributed by atoms with Gasteiger partial charge >= 0.3 is 0 Å². The summed E-state index contributed by atoms with van der Waals surface area (Å²) in [7, 11) is 4.37. The molecule has 1 aromatic heterocycles. The summed E-state index contributed by atoms with van der Waals surface area (Å²) in [5.41, 5.74) is 2.13. The fraction of sp³-hybridized carbons (Fsp3) is 0.619. The van der Waals surface area contributed by atoms with Gasteiger partial charge in [-0.05, 0) is 52.8 Å². The van der Waals surface area contributed by atoms with Crippen LogP contribution >= 0.6 is 0 Å². The number of aromatic nitrogens is 2. The van der Waals surface area contributed by atoms with Crippen molar-refractivity contribution in [3.05, 3.63) is 24.4 Å². The first-order chi connectivity index (χ1) is 12.6. The van der Waals surface area contributed by atoms with E-state index in [2.05, 4.69) is 78.6 Å². The van der Waals surface area contributed by atoms with Gasteiger partial charge in [-0.2, -0.15) is 0 Å².